The number of fused-ring (bicyclic) bond motifs is 2. The molecule has 5 heterocycles. The first-order valence-corrected chi connectivity index (χ1v) is 13.2. The van der Waals surface area contributed by atoms with Crippen LogP contribution in [0.4, 0.5) is 10.6 Å². The van der Waals surface area contributed by atoms with E-state index in [1.165, 1.54) is 17.6 Å². The summed E-state index contributed by atoms with van der Waals surface area (Å²) in [5.41, 5.74) is 1.49. The number of anilines is 1. The maximum atomic E-state index is 13.7. The van der Waals surface area contributed by atoms with Gasteiger partial charge in [0.05, 0.1) is 12.2 Å². The van der Waals surface area contributed by atoms with Gasteiger partial charge in [0.2, 0.25) is 0 Å². The van der Waals surface area contributed by atoms with Crippen LogP contribution in [0.25, 0.3) is 11.2 Å². The normalized spacial score (nSPS) is 27.9. The number of rotatable bonds is 6. The van der Waals surface area contributed by atoms with Crippen molar-refractivity contribution in [2.24, 2.45) is 5.92 Å². The number of hydrogen-bond acceptors (Lipinski definition) is 9. The number of amides is 3. The Hall–Kier alpha value is -4.14. The second kappa shape index (κ2) is 10.8. The van der Waals surface area contributed by atoms with E-state index in [9.17, 15) is 19.5 Å². The summed E-state index contributed by atoms with van der Waals surface area (Å²) in [5.74, 6) is -1.69. The van der Waals surface area contributed by atoms with Crippen LogP contribution in [0.1, 0.15) is 37.8 Å². The number of carboxylic acids is 1. The molecule has 6 atom stereocenters. The number of piperidine rings is 1. The molecule has 40 heavy (non-hydrogen) atoms. The van der Waals surface area contributed by atoms with Crippen LogP contribution in [0.5, 0.6) is 0 Å². The molecular weight excluding hydrogens is 522 g/mol. The van der Waals surface area contributed by atoms with Crippen molar-refractivity contribution >= 4 is 34.9 Å². The summed E-state index contributed by atoms with van der Waals surface area (Å²) in [6.45, 7) is 2.78. The van der Waals surface area contributed by atoms with Gasteiger partial charge in [-0.1, -0.05) is 30.3 Å². The number of aliphatic carboxylic acids is 1. The zero-order valence-electron chi connectivity index (χ0n) is 21.7. The van der Waals surface area contributed by atoms with Crippen LogP contribution in [0.2, 0.25) is 0 Å². The number of benzene rings is 1. The average Bonchev–Trinajstić information content (AvgIpc) is 3.68. The first kappa shape index (κ1) is 26.1. The third-order valence-corrected chi connectivity index (χ3v) is 7.35. The molecule has 3 N–H and O–H groups in total. The highest BCUT2D eigenvalue weighted by atomic mass is 16.8. The Balaban J connectivity index is 1.32. The fourth-order valence-electron chi connectivity index (χ4n) is 5.44. The predicted molar refractivity (Wildman–Crippen MR) is 138 cm³/mol. The van der Waals surface area contributed by atoms with Crippen LogP contribution in [-0.4, -0.2) is 85.4 Å². The van der Waals surface area contributed by atoms with E-state index in [4.69, 9.17) is 14.2 Å². The van der Waals surface area contributed by atoms with Gasteiger partial charge in [-0.15, -0.1) is 0 Å². The number of urea groups is 1. The van der Waals surface area contributed by atoms with E-state index in [-0.39, 0.29) is 18.3 Å². The summed E-state index contributed by atoms with van der Waals surface area (Å²) >= 11 is 0. The summed E-state index contributed by atoms with van der Waals surface area (Å²) in [4.78, 5) is 51.9. The minimum absolute atomic E-state index is 0.106. The Kier molecular flexibility index (Phi) is 7.04. The SMILES string of the molecule is CCNC(=O)Nc1ncnc2c1ncn2C1OC(C(=O)N2CCC[C@@H](C(=O)O)C2)C2O[C@H](c3ccccc3)OC21. The van der Waals surface area contributed by atoms with Gasteiger partial charge in [-0.05, 0) is 19.8 Å². The number of carboxylic acid groups (broad SMARTS) is 1. The Bertz CT molecular complexity index is 1420. The molecule has 4 unspecified atom stereocenters. The van der Waals surface area contributed by atoms with Crippen molar-refractivity contribution in [2.45, 2.75) is 50.6 Å². The van der Waals surface area contributed by atoms with E-state index in [0.29, 0.717) is 37.1 Å². The zero-order chi connectivity index (χ0) is 27.8. The first-order chi connectivity index (χ1) is 19.4. The molecule has 1 aromatic carbocycles. The smallest absolute Gasteiger partial charge is 0.320 e. The van der Waals surface area contributed by atoms with Crippen molar-refractivity contribution in [1.82, 2.24) is 29.7 Å². The third-order valence-electron chi connectivity index (χ3n) is 7.35. The molecule has 3 amide bonds. The highest BCUT2D eigenvalue weighted by Gasteiger charge is 2.57. The summed E-state index contributed by atoms with van der Waals surface area (Å²) in [5, 5.41) is 14.8. The predicted octanol–water partition coefficient (Wildman–Crippen LogP) is 1.67. The molecule has 0 saturated carbocycles. The fourth-order valence-corrected chi connectivity index (χ4v) is 5.44. The molecule has 14 heteroatoms. The lowest BCUT2D eigenvalue weighted by atomic mass is 9.97. The lowest BCUT2D eigenvalue weighted by Gasteiger charge is -2.33. The van der Waals surface area contributed by atoms with Crippen LogP contribution < -0.4 is 10.6 Å². The standard InChI is InChI=1S/C26H29N7O7/c1-2-27-26(37)31-20-16-21(29-12-28-20)33(13-30-16)23-19-17(39-25(40-19)14-7-4-3-5-8-14)18(38-23)22(34)32-10-6-9-15(11-32)24(35)36/h3-5,7-8,12-13,15,17-19,23,25H,2,6,9-11H2,1H3,(H,35,36)(H2,27,28,29,31,37)/t15-,17?,18?,19?,23?,25+/m1/s1. The lowest BCUT2D eigenvalue weighted by Crippen LogP contribution is -2.49. The van der Waals surface area contributed by atoms with Crippen molar-refractivity contribution in [3.05, 3.63) is 48.5 Å². The van der Waals surface area contributed by atoms with E-state index in [2.05, 4.69) is 25.6 Å². The van der Waals surface area contributed by atoms with E-state index in [1.807, 2.05) is 30.3 Å². The van der Waals surface area contributed by atoms with Crippen LogP contribution >= 0.6 is 0 Å². The molecule has 6 rings (SSSR count). The van der Waals surface area contributed by atoms with Crippen molar-refractivity contribution in [2.75, 3.05) is 25.0 Å². The van der Waals surface area contributed by atoms with Crippen LogP contribution in [-0.2, 0) is 23.8 Å². The Morgan fingerprint density at radius 3 is 2.65 bits per heavy atom. The van der Waals surface area contributed by atoms with Gasteiger partial charge < -0.3 is 29.5 Å². The largest absolute Gasteiger partial charge is 0.481 e. The highest BCUT2D eigenvalue weighted by Crippen LogP contribution is 2.45. The topological polar surface area (TPSA) is 170 Å². The van der Waals surface area contributed by atoms with Crippen LogP contribution in [0, 0.1) is 5.92 Å². The molecule has 14 nitrogen and oxygen atoms in total. The van der Waals surface area contributed by atoms with Crippen molar-refractivity contribution in [3.63, 3.8) is 0 Å². The fraction of sp³-hybridized carbons (Fsp3) is 0.462. The number of carbonyl (C=O) groups excluding carboxylic acids is 2. The molecule has 0 bridgehead atoms. The Morgan fingerprint density at radius 2 is 1.88 bits per heavy atom. The zero-order valence-corrected chi connectivity index (χ0v) is 21.7. The summed E-state index contributed by atoms with van der Waals surface area (Å²) in [6.07, 6.45) is -0.179. The molecule has 0 radical (unpaired) electrons. The van der Waals surface area contributed by atoms with E-state index >= 15 is 0 Å². The molecular formula is C26H29N7O7. The monoisotopic (exact) mass is 551 g/mol. The third kappa shape index (κ3) is 4.74. The maximum absolute atomic E-state index is 13.7. The molecule has 3 aromatic rings. The number of nitrogens with zero attached hydrogens (tertiary/aromatic N) is 5. The molecule has 3 aliphatic heterocycles. The average molecular weight is 552 g/mol. The second-order valence-electron chi connectivity index (χ2n) is 9.88. The summed E-state index contributed by atoms with van der Waals surface area (Å²) in [6, 6.07) is 8.95. The minimum atomic E-state index is -1.04. The maximum Gasteiger partial charge on any atom is 0.320 e. The number of imidazole rings is 1. The van der Waals surface area contributed by atoms with E-state index < -0.39 is 48.7 Å². The van der Waals surface area contributed by atoms with E-state index in [1.54, 1.807) is 11.5 Å². The number of hydrogen-bond donors (Lipinski definition) is 3. The van der Waals surface area contributed by atoms with Crippen molar-refractivity contribution < 1.29 is 33.7 Å². The van der Waals surface area contributed by atoms with Gasteiger partial charge in [-0.3, -0.25) is 19.5 Å². The molecule has 3 aliphatic rings. The molecule has 3 fully saturated rings. The van der Waals surface area contributed by atoms with Crippen LogP contribution in [0.15, 0.2) is 43.0 Å². The number of aromatic nitrogens is 4. The Morgan fingerprint density at radius 1 is 1.07 bits per heavy atom. The minimum Gasteiger partial charge on any atom is -0.481 e. The van der Waals surface area contributed by atoms with Crippen LogP contribution in [0.3, 0.4) is 0 Å². The van der Waals surface area contributed by atoms with Gasteiger partial charge in [0.15, 0.2) is 35.6 Å². The van der Waals surface area contributed by atoms with Gasteiger partial charge in [-0.25, -0.2) is 19.7 Å². The van der Waals surface area contributed by atoms with Gasteiger partial charge in [0.1, 0.15) is 18.5 Å². The lowest BCUT2D eigenvalue weighted by molar-refractivity contribution is -0.170. The number of likely N-dealkylation sites (tertiary alicyclic amines) is 1. The number of ether oxygens (including phenoxy) is 3. The molecule has 210 valence electrons. The van der Waals surface area contributed by atoms with Gasteiger partial charge in [0.25, 0.3) is 5.91 Å². The number of carbonyl (C=O) groups is 3. The second-order valence-corrected chi connectivity index (χ2v) is 9.88. The molecule has 0 aliphatic carbocycles. The molecule has 0 spiro atoms. The number of nitrogens with one attached hydrogen (secondary N) is 2. The molecule has 2 aromatic heterocycles. The van der Waals surface area contributed by atoms with Gasteiger partial charge in [0, 0.05) is 25.2 Å². The molecule has 3 saturated heterocycles. The highest BCUT2D eigenvalue weighted by molar-refractivity contribution is 5.95. The van der Waals surface area contributed by atoms with Gasteiger partial charge >= 0.3 is 12.0 Å². The first-order valence-electron chi connectivity index (χ1n) is 13.2. The van der Waals surface area contributed by atoms with Gasteiger partial charge in [-0.2, -0.15) is 0 Å². The van der Waals surface area contributed by atoms with E-state index in [0.717, 1.165) is 5.56 Å². The summed E-state index contributed by atoms with van der Waals surface area (Å²) in [7, 11) is 0. The van der Waals surface area contributed by atoms with Crippen molar-refractivity contribution in [1.29, 1.82) is 0 Å². The summed E-state index contributed by atoms with van der Waals surface area (Å²) < 4.78 is 20.5. The van der Waals surface area contributed by atoms with Crippen molar-refractivity contribution in [3.8, 4) is 0 Å². The quantitative estimate of drug-likeness (QED) is 0.409. The Labute approximate surface area is 228 Å².